The highest BCUT2D eigenvalue weighted by atomic mass is 15.0. The Morgan fingerprint density at radius 2 is 1.18 bits per heavy atom. The van der Waals surface area contributed by atoms with E-state index >= 15 is 0 Å². The Morgan fingerprint density at radius 3 is 1.87 bits per heavy atom. The number of anilines is 2. The molecule has 0 heterocycles. The van der Waals surface area contributed by atoms with Gasteiger partial charge in [-0.3, -0.25) is 0 Å². The van der Waals surface area contributed by atoms with E-state index in [1.54, 1.807) is 0 Å². The Bertz CT molecular complexity index is 1630. The second-order valence-corrected chi connectivity index (χ2v) is 10.3. The van der Waals surface area contributed by atoms with Crippen LogP contribution < -0.4 is 10.6 Å². The lowest BCUT2D eigenvalue weighted by Crippen LogP contribution is -2.16. The molecule has 39 heavy (non-hydrogen) atoms. The lowest BCUT2D eigenvalue weighted by atomic mass is 9.78. The first-order valence-electron chi connectivity index (χ1n) is 13.3. The van der Waals surface area contributed by atoms with Crippen molar-refractivity contribution in [2.45, 2.75) is 19.3 Å². The molecule has 5 aromatic rings. The second-order valence-electron chi connectivity index (χ2n) is 10.3. The molecule has 3 heteroatoms. The number of nitrogens with one attached hydrogen (secondary N) is 2. The van der Waals surface area contributed by atoms with E-state index in [0.717, 1.165) is 34.2 Å². The lowest BCUT2D eigenvalue weighted by molar-refractivity contribution is 0.704. The molecule has 0 spiro atoms. The average molecular weight is 506 g/mol. The molecular weight excluding hydrogens is 474 g/mol. The summed E-state index contributed by atoms with van der Waals surface area (Å²) in [6.45, 7) is 4.62. The van der Waals surface area contributed by atoms with Crippen LogP contribution in [0.4, 0.5) is 17.1 Å². The molecule has 0 unspecified atom stereocenters. The summed E-state index contributed by atoms with van der Waals surface area (Å²) in [5.74, 6) is 0.808. The van der Waals surface area contributed by atoms with Gasteiger partial charge in [0.2, 0.25) is 0 Å². The third kappa shape index (κ3) is 4.99. The zero-order valence-corrected chi connectivity index (χ0v) is 22.2. The van der Waals surface area contributed by atoms with E-state index in [0.29, 0.717) is 0 Å². The standard InChI is InChI=1S/C36H31N3/c1-36(2)32-21-13-12-20-31(32)34(33(36)26-14-6-3-7-15-26)37-29-22-24-30(25-23-29)39-35(27-16-8-4-9-17-27)38-28-18-10-5-11-19-28/h3-25,37H,1-2H3,(H,38,39). The molecule has 0 bridgehead atoms. The van der Waals surface area contributed by atoms with Crippen molar-refractivity contribution in [1.82, 2.24) is 0 Å². The Morgan fingerprint density at radius 1 is 0.590 bits per heavy atom. The van der Waals surface area contributed by atoms with E-state index < -0.39 is 0 Å². The van der Waals surface area contributed by atoms with Crippen LogP contribution in [-0.2, 0) is 5.41 Å². The molecule has 2 N–H and O–H groups in total. The van der Waals surface area contributed by atoms with E-state index in [1.807, 2.05) is 48.5 Å². The molecule has 1 aliphatic rings. The highest BCUT2D eigenvalue weighted by molar-refractivity contribution is 6.09. The van der Waals surface area contributed by atoms with Crippen LogP contribution in [0, 0.1) is 0 Å². The van der Waals surface area contributed by atoms with E-state index in [9.17, 15) is 0 Å². The first-order valence-corrected chi connectivity index (χ1v) is 13.3. The second kappa shape index (κ2) is 10.5. The van der Waals surface area contributed by atoms with Crippen LogP contribution in [0.2, 0.25) is 0 Å². The largest absolute Gasteiger partial charge is 0.355 e. The van der Waals surface area contributed by atoms with Crippen LogP contribution >= 0.6 is 0 Å². The number of hydrogen-bond donors (Lipinski definition) is 2. The summed E-state index contributed by atoms with van der Waals surface area (Å²) in [5.41, 5.74) is 10.1. The molecule has 5 aromatic carbocycles. The van der Waals surface area contributed by atoms with Crippen molar-refractivity contribution < 1.29 is 0 Å². The number of amidine groups is 1. The maximum absolute atomic E-state index is 4.98. The van der Waals surface area contributed by atoms with Crippen molar-refractivity contribution >= 4 is 34.2 Å². The molecule has 1 aliphatic carbocycles. The summed E-state index contributed by atoms with van der Waals surface area (Å²) in [6, 6.07) is 48.1. The van der Waals surface area contributed by atoms with Crippen LogP contribution in [-0.4, -0.2) is 5.84 Å². The van der Waals surface area contributed by atoms with Crippen molar-refractivity contribution in [1.29, 1.82) is 0 Å². The molecule has 0 fully saturated rings. The van der Waals surface area contributed by atoms with Crippen molar-refractivity contribution in [3.63, 3.8) is 0 Å². The van der Waals surface area contributed by atoms with Gasteiger partial charge in [-0.15, -0.1) is 0 Å². The number of nitrogens with zero attached hydrogens (tertiary/aromatic N) is 1. The molecule has 0 aliphatic heterocycles. The van der Waals surface area contributed by atoms with Gasteiger partial charge in [0.25, 0.3) is 0 Å². The topological polar surface area (TPSA) is 36.4 Å². The van der Waals surface area contributed by atoms with Gasteiger partial charge in [-0.25, -0.2) is 4.99 Å². The molecule has 3 nitrogen and oxygen atoms in total. The summed E-state index contributed by atoms with van der Waals surface area (Å²) >= 11 is 0. The summed E-state index contributed by atoms with van der Waals surface area (Å²) in [7, 11) is 0. The number of allylic oxidation sites excluding steroid dienone is 1. The Hall–Kier alpha value is -4.89. The minimum atomic E-state index is -0.113. The molecule has 6 rings (SSSR count). The van der Waals surface area contributed by atoms with Gasteiger partial charge in [-0.2, -0.15) is 0 Å². The fourth-order valence-electron chi connectivity index (χ4n) is 5.38. The van der Waals surface area contributed by atoms with Crippen LogP contribution in [0.3, 0.4) is 0 Å². The van der Waals surface area contributed by atoms with E-state index in [4.69, 9.17) is 4.99 Å². The smallest absolute Gasteiger partial charge is 0.138 e. The highest BCUT2D eigenvalue weighted by Crippen LogP contribution is 2.50. The van der Waals surface area contributed by atoms with Gasteiger partial charge < -0.3 is 10.6 Å². The van der Waals surface area contributed by atoms with Crippen LogP contribution in [0.15, 0.2) is 145 Å². The first-order chi connectivity index (χ1) is 19.1. The fourth-order valence-corrected chi connectivity index (χ4v) is 5.38. The Labute approximate surface area is 230 Å². The Balaban J connectivity index is 1.34. The van der Waals surface area contributed by atoms with Gasteiger partial charge >= 0.3 is 0 Å². The maximum atomic E-state index is 4.98. The van der Waals surface area contributed by atoms with Gasteiger partial charge in [0, 0.05) is 27.9 Å². The maximum Gasteiger partial charge on any atom is 0.138 e. The lowest BCUT2D eigenvalue weighted by Gasteiger charge is -2.25. The molecular formula is C36H31N3. The Kier molecular flexibility index (Phi) is 6.56. The number of aliphatic imine (C=N–C) groups is 1. The molecule has 0 saturated heterocycles. The summed E-state index contributed by atoms with van der Waals surface area (Å²) in [6.07, 6.45) is 0. The van der Waals surface area contributed by atoms with Gasteiger partial charge in [0.15, 0.2) is 0 Å². The third-order valence-electron chi connectivity index (χ3n) is 7.27. The predicted molar refractivity (Wildman–Crippen MR) is 165 cm³/mol. The zero-order chi connectivity index (χ0) is 26.7. The summed E-state index contributed by atoms with van der Waals surface area (Å²) in [4.78, 5) is 4.98. The van der Waals surface area contributed by atoms with Crippen molar-refractivity contribution in [3.05, 3.63) is 162 Å². The number of hydrogen-bond acceptors (Lipinski definition) is 2. The number of para-hydroxylation sites is 1. The minimum absolute atomic E-state index is 0.113. The van der Waals surface area contributed by atoms with Gasteiger partial charge in [0.1, 0.15) is 5.84 Å². The number of fused-ring (bicyclic) bond motifs is 1. The monoisotopic (exact) mass is 505 g/mol. The van der Waals surface area contributed by atoms with Crippen LogP contribution in [0.1, 0.15) is 36.1 Å². The quantitative estimate of drug-likeness (QED) is 0.178. The zero-order valence-electron chi connectivity index (χ0n) is 22.2. The minimum Gasteiger partial charge on any atom is -0.355 e. The average Bonchev–Trinajstić information content (AvgIpc) is 3.21. The molecule has 0 radical (unpaired) electrons. The van der Waals surface area contributed by atoms with Gasteiger partial charge in [-0.05, 0) is 53.1 Å². The number of rotatable bonds is 6. The van der Waals surface area contributed by atoms with E-state index in [-0.39, 0.29) is 5.41 Å². The molecule has 0 saturated carbocycles. The van der Waals surface area contributed by atoms with Crippen LogP contribution in [0.5, 0.6) is 0 Å². The SMILES string of the molecule is CC1(C)C(c2ccccc2)=C(Nc2ccc(N=C(Nc3ccccc3)c3ccccc3)cc2)c2ccccc21. The highest BCUT2D eigenvalue weighted by Gasteiger charge is 2.38. The molecule has 190 valence electrons. The third-order valence-corrected chi connectivity index (χ3v) is 7.27. The van der Waals surface area contributed by atoms with Crippen LogP contribution in [0.25, 0.3) is 11.3 Å². The van der Waals surface area contributed by atoms with Gasteiger partial charge in [-0.1, -0.05) is 117 Å². The van der Waals surface area contributed by atoms with Crippen molar-refractivity contribution in [3.8, 4) is 0 Å². The summed E-state index contributed by atoms with van der Waals surface area (Å²) < 4.78 is 0. The first kappa shape index (κ1) is 24.4. The summed E-state index contributed by atoms with van der Waals surface area (Å²) in [5, 5.41) is 7.26. The molecule has 0 atom stereocenters. The normalized spacial score (nSPS) is 14.2. The van der Waals surface area contributed by atoms with Crippen molar-refractivity contribution in [2.75, 3.05) is 10.6 Å². The van der Waals surface area contributed by atoms with Gasteiger partial charge in [0.05, 0.1) is 11.4 Å². The van der Waals surface area contributed by atoms with Crippen molar-refractivity contribution in [2.24, 2.45) is 4.99 Å². The van der Waals surface area contributed by atoms with E-state index in [1.165, 1.54) is 22.3 Å². The molecule has 0 aromatic heterocycles. The predicted octanol–water partition coefficient (Wildman–Crippen LogP) is 9.15. The number of benzene rings is 5. The fraction of sp³-hybridized carbons (Fsp3) is 0.0833. The molecule has 0 amide bonds. The van der Waals surface area contributed by atoms with E-state index in [2.05, 4.69) is 115 Å².